The van der Waals surface area contributed by atoms with Crippen molar-refractivity contribution in [3.63, 3.8) is 0 Å². The highest BCUT2D eigenvalue weighted by Gasteiger charge is 2.55. The summed E-state index contributed by atoms with van der Waals surface area (Å²) in [5.74, 6) is 0. The van der Waals surface area contributed by atoms with Crippen LogP contribution in [0.4, 0.5) is 0 Å². The zero-order valence-corrected chi connectivity index (χ0v) is 10.4. The largest absolute Gasteiger partial charge is 0.321 e. The second-order valence-corrected chi connectivity index (χ2v) is 6.29. The molecule has 80 valence electrons. The van der Waals surface area contributed by atoms with E-state index in [0.717, 1.165) is 4.47 Å². The summed E-state index contributed by atoms with van der Waals surface area (Å²) in [6.07, 6.45) is 6.62. The van der Waals surface area contributed by atoms with Gasteiger partial charge in [0.2, 0.25) is 0 Å². The molecule has 2 aliphatic rings. The van der Waals surface area contributed by atoms with Gasteiger partial charge in [-0.3, -0.25) is 0 Å². The normalized spacial score (nSPS) is 25.7. The third-order valence-corrected chi connectivity index (χ3v) is 4.74. The van der Waals surface area contributed by atoms with Crippen LogP contribution in [0.1, 0.15) is 37.7 Å². The topological polar surface area (TPSA) is 26.0 Å². The van der Waals surface area contributed by atoms with Crippen LogP contribution < -0.4 is 5.73 Å². The van der Waals surface area contributed by atoms with Crippen LogP contribution in [-0.2, 0) is 5.54 Å². The second-order valence-electron chi connectivity index (χ2n) is 5.37. The smallest absolute Gasteiger partial charge is 0.0420 e. The van der Waals surface area contributed by atoms with Crippen molar-refractivity contribution in [2.75, 3.05) is 0 Å². The predicted molar refractivity (Wildman–Crippen MR) is 65.5 cm³/mol. The third kappa shape index (κ3) is 1.46. The molecule has 0 amide bonds. The fourth-order valence-electron chi connectivity index (χ4n) is 3.30. The molecule has 1 nitrogen and oxygen atoms in total. The number of hydrogen-bond acceptors (Lipinski definition) is 1. The molecule has 1 spiro atoms. The molecule has 0 atom stereocenters. The molecule has 2 saturated carbocycles. The van der Waals surface area contributed by atoms with Gasteiger partial charge in [-0.05, 0) is 48.8 Å². The van der Waals surface area contributed by atoms with Crippen LogP contribution in [0.25, 0.3) is 0 Å². The average molecular weight is 266 g/mol. The molecule has 2 aliphatic carbocycles. The van der Waals surface area contributed by atoms with Gasteiger partial charge in [0.15, 0.2) is 0 Å². The SMILES string of the molecule is NC1(c2ccc(Br)cc2)CC2(CCC2)C1. The van der Waals surface area contributed by atoms with Crippen LogP contribution >= 0.6 is 15.9 Å². The molecule has 3 rings (SSSR count). The minimum Gasteiger partial charge on any atom is -0.321 e. The molecule has 2 heteroatoms. The van der Waals surface area contributed by atoms with Gasteiger partial charge in [-0.15, -0.1) is 0 Å². The molecule has 0 aromatic heterocycles. The zero-order chi connectivity index (χ0) is 10.5. The van der Waals surface area contributed by atoms with E-state index in [0.29, 0.717) is 5.41 Å². The van der Waals surface area contributed by atoms with Crippen LogP contribution in [0.15, 0.2) is 28.7 Å². The lowest BCUT2D eigenvalue weighted by Gasteiger charge is -2.60. The predicted octanol–water partition coefficient (Wildman–Crippen LogP) is 3.57. The summed E-state index contributed by atoms with van der Waals surface area (Å²) < 4.78 is 1.13. The Hall–Kier alpha value is -0.340. The number of benzene rings is 1. The van der Waals surface area contributed by atoms with Crippen LogP contribution in [0.5, 0.6) is 0 Å². The van der Waals surface area contributed by atoms with E-state index in [-0.39, 0.29) is 5.54 Å². The van der Waals surface area contributed by atoms with Gasteiger partial charge in [0.1, 0.15) is 0 Å². The summed E-state index contributed by atoms with van der Waals surface area (Å²) in [6.45, 7) is 0. The molecule has 0 aliphatic heterocycles. The standard InChI is InChI=1S/C13H16BrN/c14-11-4-2-10(3-5-11)13(15)8-12(9-13)6-1-7-12/h2-5H,1,6-9,15H2. The van der Waals surface area contributed by atoms with E-state index in [9.17, 15) is 0 Å². The lowest BCUT2D eigenvalue weighted by atomic mass is 9.47. The fraction of sp³-hybridized carbons (Fsp3) is 0.538. The first-order valence-corrected chi connectivity index (χ1v) is 6.46. The Labute approximate surface area is 99.2 Å². The average Bonchev–Trinajstić information content (AvgIpc) is 2.11. The van der Waals surface area contributed by atoms with Crippen molar-refractivity contribution in [2.45, 2.75) is 37.6 Å². The third-order valence-electron chi connectivity index (χ3n) is 4.21. The Morgan fingerprint density at radius 2 is 1.67 bits per heavy atom. The molecule has 0 bridgehead atoms. The van der Waals surface area contributed by atoms with Gasteiger partial charge in [0.05, 0.1) is 0 Å². The Kier molecular flexibility index (Phi) is 2.02. The molecule has 1 aromatic carbocycles. The van der Waals surface area contributed by atoms with Crippen LogP contribution in [0, 0.1) is 5.41 Å². The van der Waals surface area contributed by atoms with Gasteiger partial charge >= 0.3 is 0 Å². The molecule has 0 radical (unpaired) electrons. The fourth-order valence-corrected chi connectivity index (χ4v) is 3.57. The maximum absolute atomic E-state index is 6.44. The molecule has 1 aromatic rings. The van der Waals surface area contributed by atoms with E-state index in [4.69, 9.17) is 5.73 Å². The number of rotatable bonds is 1. The highest BCUT2D eigenvalue weighted by molar-refractivity contribution is 9.10. The second kappa shape index (κ2) is 3.08. The summed E-state index contributed by atoms with van der Waals surface area (Å²) in [4.78, 5) is 0. The van der Waals surface area contributed by atoms with Gasteiger partial charge in [-0.25, -0.2) is 0 Å². The number of nitrogens with two attached hydrogens (primary N) is 1. The molecular weight excluding hydrogens is 250 g/mol. The maximum Gasteiger partial charge on any atom is 0.0420 e. The van der Waals surface area contributed by atoms with E-state index in [1.807, 2.05) is 0 Å². The molecule has 0 saturated heterocycles. The quantitative estimate of drug-likeness (QED) is 0.826. The van der Waals surface area contributed by atoms with Gasteiger partial charge in [0.25, 0.3) is 0 Å². The first-order valence-electron chi connectivity index (χ1n) is 5.67. The zero-order valence-electron chi connectivity index (χ0n) is 8.80. The molecular formula is C13H16BrN. The lowest BCUT2D eigenvalue weighted by Crippen LogP contribution is -2.58. The molecule has 0 unspecified atom stereocenters. The lowest BCUT2D eigenvalue weighted by molar-refractivity contribution is -0.0462. The number of halogens is 1. The van der Waals surface area contributed by atoms with E-state index >= 15 is 0 Å². The van der Waals surface area contributed by atoms with Crippen molar-refractivity contribution in [3.05, 3.63) is 34.3 Å². The first kappa shape index (κ1) is 9.86. The summed E-state index contributed by atoms with van der Waals surface area (Å²) in [7, 11) is 0. The monoisotopic (exact) mass is 265 g/mol. The Morgan fingerprint density at radius 3 is 2.13 bits per heavy atom. The molecule has 15 heavy (non-hydrogen) atoms. The summed E-state index contributed by atoms with van der Waals surface area (Å²) >= 11 is 3.46. The van der Waals surface area contributed by atoms with Crippen molar-refractivity contribution in [2.24, 2.45) is 11.1 Å². The van der Waals surface area contributed by atoms with Gasteiger partial charge in [-0.1, -0.05) is 34.5 Å². The van der Waals surface area contributed by atoms with Gasteiger partial charge in [0, 0.05) is 10.0 Å². The molecule has 2 fully saturated rings. The molecule has 2 N–H and O–H groups in total. The van der Waals surface area contributed by atoms with Crippen LogP contribution in [0.3, 0.4) is 0 Å². The van der Waals surface area contributed by atoms with Gasteiger partial charge < -0.3 is 5.73 Å². The van der Waals surface area contributed by atoms with Crippen molar-refractivity contribution in [3.8, 4) is 0 Å². The van der Waals surface area contributed by atoms with Crippen molar-refractivity contribution >= 4 is 15.9 Å². The van der Waals surface area contributed by atoms with Crippen molar-refractivity contribution in [1.82, 2.24) is 0 Å². The van der Waals surface area contributed by atoms with Crippen molar-refractivity contribution < 1.29 is 0 Å². The first-order chi connectivity index (χ1) is 7.12. The van der Waals surface area contributed by atoms with Gasteiger partial charge in [-0.2, -0.15) is 0 Å². The number of hydrogen-bond donors (Lipinski definition) is 1. The van der Waals surface area contributed by atoms with E-state index in [2.05, 4.69) is 40.2 Å². The molecule has 0 heterocycles. The van der Waals surface area contributed by atoms with E-state index < -0.39 is 0 Å². The Balaban J connectivity index is 1.80. The van der Waals surface area contributed by atoms with Crippen molar-refractivity contribution in [1.29, 1.82) is 0 Å². The Morgan fingerprint density at radius 1 is 1.07 bits per heavy atom. The van der Waals surface area contributed by atoms with Crippen LogP contribution in [-0.4, -0.2) is 0 Å². The summed E-state index contributed by atoms with van der Waals surface area (Å²) in [5.41, 5.74) is 8.37. The summed E-state index contributed by atoms with van der Waals surface area (Å²) in [5, 5.41) is 0. The summed E-state index contributed by atoms with van der Waals surface area (Å²) in [6, 6.07) is 8.51. The van der Waals surface area contributed by atoms with E-state index in [1.54, 1.807) is 0 Å². The minimum absolute atomic E-state index is 0.0267. The highest BCUT2D eigenvalue weighted by atomic mass is 79.9. The highest BCUT2D eigenvalue weighted by Crippen LogP contribution is 2.62. The maximum atomic E-state index is 6.44. The van der Waals surface area contributed by atoms with Crippen LogP contribution in [0.2, 0.25) is 0 Å². The Bertz CT molecular complexity index is 370. The minimum atomic E-state index is -0.0267. The van der Waals surface area contributed by atoms with E-state index in [1.165, 1.54) is 37.7 Å².